The summed E-state index contributed by atoms with van der Waals surface area (Å²) < 4.78 is 5.55. The molecular formula is C16H17NO2. The van der Waals surface area contributed by atoms with Crippen molar-refractivity contribution in [3.63, 3.8) is 0 Å². The summed E-state index contributed by atoms with van der Waals surface area (Å²) in [5.41, 5.74) is 2.34. The lowest BCUT2D eigenvalue weighted by molar-refractivity contribution is 0.103. The van der Waals surface area contributed by atoms with Gasteiger partial charge < -0.3 is 4.74 Å². The molecule has 0 aliphatic heterocycles. The van der Waals surface area contributed by atoms with E-state index in [-0.39, 0.29) is 11.9 Å². The number of benzene rings is 1. The van der Waals surface area contributed by atoms with Crippen LogP contribution in [0.1, 0.15) is 35.3 Å². The van der Waals surface area contributed by atoms with E-state index in [1.165, 1.54) is 0 Å². The van der Waals surface area contributed by atoms with E-state index < -0.39 is 0 Å². The van der Waals surface area contributed by atoms with Gasteiger partial charge in [0.25, 0.3) is 0 Å². The van der Waals surface area contributed by atoms with Gasteiger partial charge in [-0.25, -0.2) is 0 Å². The molecule has 1 heterocycles. The van der Waals surface area contributed by atoms with Crippen LogP contribution in [0.2, 0.25) is 0 Å². The van der Waals surface area contributed by atoms with E-state index in [4.69, 9.17) is 4.74 Å². The standard InChI is InChI=1S/C16H17NO2/c1-11(2)19-15-8-14(9-17-10-15)16(18)13-6-4-12(3)5-7-13/h4-11H,1-3H3. The molecule has 0 aliphatic rings. The Bertz CT molecular complexity index is 574. The van der Waals surface area contributed by atoms with E-state index in [1.54, 1.807) is 18.5 Å². The van der Waals surface area contributed by atoms with Crippen molar-refractivity contribution in [2.24, 2.45) is 0 Å². The van der Waals surface area contributed by atoms with Crippen molar-refractivity contribution in [1.82, 2.24) is 4.98 Å². The molecule has 2 aromatic rings. The van der Waals surface area contributed by atoms with Crippen molar-refractivity contribution in [3.8, 4) is 5.75 Å². The van der Waals surface area contributed by atoms with Crippen molar-refractivity contribution < 1.29 is 9.53 Å². The van der Waals surface area contributed by atoms with E-state index >= 15 is 0 Å². The topological polar surface area (TPSA) is 39.2 Å². The lowest BCUT2D eigenvalue weighted by Crippen LogP contribution is -2.07. The molecule has 0 bridgehead atoms. The smallest absolute Gasteiger partial charge is 0.194 e. The van der Waals surface area contributed by atoms with Gasteiger partial charge in [0.15, 0.2) is 5.78 Å². The van der Waals surface area contributed by atoms with E-state index in [9.17, 15) is 4.79 Å². The second-order valence-corrected chi connectivity index (χ2v) is 4.77. The number of rotatable bonds is 4. The number of aromatic nitrogens is 1. The third kappa shape index (κ3) is 3.41. The molecule has 0 saturated heterocycles. The van der Waals surface area contributed by atoms with Gasteiger partial charge in [0.2, 0.25) is 0 Å². The van der Waals surface area contributed by atoms with Crippen molar-refractivity contribution in [2.75, 3.05) is 0 Å². The highest BCUT2D eigenvalue weighted by Crippen LogP contribution is 2.16. The maximum Gasteiger partial charge on any atom is 0.194 e. The van der Waals surface area contributed by atoms with Crippen LogP contribution in [0, 0.1) is 6.92 Å². The molecule has 0 fully saturated rings. The molecule has 1 aromatic carbocycles. The summed E-state index contributed by atoms with van der Waals surface area (Å²) in [4.78, 5) is 16.4. The molecule has 98 valence electrons. The van der Waals surface area contributed by atoms with Crippen LogP contribution >= 0.6 is 0 Å². The van der Waals surface area contributed by atoms with Crippen LogP contribution in [0.15, 0.2) is 42.7 Å². The number of aryl methyl sites for hydroxylation is 1. The van der Waals surface area contributed by atoms with Crippen molar-refractivity contribution in [2.45, 2.75) is 26.9 Å². The zero-order valence-corrected chi connectivity index (χ0v) is 11.4. The van der Waals surface area contributed by atoms with Gasteiger partial charge >= 0.3 is 0 Å². The number of carbonyl (C=O) groups is 1. The monoisotopic (exact) mass is 255 g/mol. The third-order valence-corrected chi connectivity index (χ3v) is 2.66. The minimum Gasteiger partial charge on any atom is -0.489 e. The van der Waals surface area contributed by atoms with Crippen LogP contribution in [0.3, 0.4) is 0 Å². The summed E-state index contributed by atoms with van der Waals surface area (Å²) in [6.07, 6.45) is 3.24. The number of ketones is 1. The Morgan fingerprint density at radius 2 is 1.79 bits per heavy atom. The van der Waals surface area contributed by atoms with Gasteiger partial charge in [0.1, 0.15) is 5.75 Å². The maximum absolute atomic E-state index is 12.3. The second-order valence-electron chi connectivity index (χ2n) is 4.77. The number of nitrogens with zero attached hydrogens (tertiary/aromatic N) is 1. The molecule has 0 N–H and O–H groups in total. The van der Waals surface area contributed by atoms with Gasteiger partial charge in [-0.2, -0.15) is 0 Å². The highest BCUT2D eigenvalue weighted by molar-refractivity contribution is 6.08. The van der Waals surface area contributed by atoms with Gasteiger partial charge in [-0.3, -0.25) is 9.78 Å². The average Bonchev–Trinajstić information content (AvgIpc) is 2.38. The minimum absolute atomic E-state index is 0.0401. The quantitative estimate of drug-likeness (QED) is 0.786. The summed E-state index contributed by atoms with van der Waals surface area (Å²) >= 11 is 0. The lowest BCUT2D eigenvalue weighted by Gasteiger charge is -2.10. The minimum atomic E-state index is -0.0401. The van der Waals surface area contributed by atoms with Crippen molar-refractivity contribution in [1.29, 1.82) is 0 Å². The predicted molar refractivity (Wildman–Crippen MR) is 74.6 cm³/mol. The Morgan fingerprint density at radius 3 is 2.42 bits per heavy atom. The normalized spacial score (nSPS) is 10.5. The highest BCUT2D eigenvalue weighted by Gasteiger charge is 2.10. The molecule has 0 saturated carbocycles. The van der Waals surface area contributed by atoms with E-state index in [0.717, 1.165) is 5.56 Å². The Balaban J connectivity index is 2.26. The Morgan fingerprint density at radius 1 is 1.11 bits per heavy atom. The zero-order valence-electron chi connectivity index (χ0n) is 11.4. The first-order valence-corrected chi connectivity index (χ1v) is 6.29. The second kappa shape index (κ2) is 5.65. The number of hydrogen-bond acceptors (Lipinski definition) is 3. The molecule has 19 heavy (non-hydrogen) atoms. The van der Waals surface area contributed by atoms with Crippen LogP contribution in [0.25, 0.3) is 0 Å². The summed E-state index contributed by atoms with van der Waals surface area (Å²) in [5.74, 6) is 0.578. The molecule has 0 unspecified atom stereocenters. The fraction of sp³-hybridized carbons (Fsp3) is 0.250. The van der Waals surface area contributed by atoms with Gasteiger partial charge in [0.05, 0.1) is 12.3 Å². The van der Waals surface area contributed by atoms with Gasteiger partial charge in [-0.05, 0) is 26.8 Å². The highest BCUT2D eigenvalue weighted by atomic mass is 16.5. The van der Waals surface area contributed by atoms with E-state index in [0.29, 0.717) is 16.9 Å². The van der Waals surface area contributed by atoms with Crippen LogP contribution in [-0.4, -0.2) is 16.9 Å². The van der Waals surface area contributed by atoms with Crippen LogP contribution in [0.4, 0.5) is 0 Å². The number of ether oxygens (including phenoxy) is 1. The van der Waals surface area contributed by atoms with Gasteiger partial charge in [0, 0.05) is 17.3 Å². The SMILES string of the molecule is Cc1ccc(C(=O)c2cncc(OC(C)C)c2)cc1. The first kappa shape index (κ1) is 13.3. The Labute approximate surface area is 113 Å². The van der Waals surface area contributed by atoms with E-state index in [1.807, 2.05) is 45.0 Å². The molecule has 0 spiro atoms. The summed E-state index contributed by atoms with van der Waals surface area (Å²) in [6.45, 7) is 5.87. The van der Waals surface area contributed by atoms with Crippen molar-refractivity contribution >= 4 is 5.78 Å². The fourth-order valence-corrected chi connectivity index (χ4v) is 1.75. The molecule has 3 nitrogen and oxygen atoms in total. The molecule has 1 aromatic heterocycles. The molecule has 3 heteroatoms. The Hall–Kier alpha value is -2.16. The molecule has 0 aliphatic carbocycles. The first-order valence-electron chi connectivity index (χ1n) is 6.29. The number of pyridine rings is 1. The Kier molecular flexibility index (Phi) is 3.95. The van der Waals surface area contributed by atoms with Crippen LogP contribution < -0.4 is 4.74 Å². The van der Waals surface area contributed by atoms with Crippen LogP contribution in [0.5, 0.6) is 5.75 Å². The average molecular weight is 255 g/mol. The largest absolute Gasteiger partial charge is 0.489 e. The summed E-state index contributed by atoms with van der Waals surface area (Å²) in [7, 11) is 0. The van der Waals surface area contributed by atoms with Gasteiger partial charge in [-0.1, -0.05) is 29.8 Å². The van der Waals surface area contributed by atoms with E-state index in [2.05, 4.69) is 4.98 Å². The molecule has 2 rings (SSSR count). The third-order valence-electron chi connectivity index (χ3n) is 2.66. The number of carbonyl (C=O) groups excluding carboxylic acids is 1. The summed E-state index contributed by atoms with van der Waals surface area (Å²) in [5, 5.41) is 0. The lowest BCUT2D eigenvalue weighted by atomic mass is 10.0. The van der Waals surface area contributed by atoms with Gasteiger partial charge in [-0.15, -0.1) is 0 Å². The number of hydrogen-bond donors (Lipinski definition) is 0. The maximum atomic E-state index is 12.3. The van der Waals surface area contributed by atoms with Crippen molar-refractivity contribution in [3.05, 3.63) is 59.4 Å². The molecule has 0 amide bonds. The molecule has 0 atom stereocenters. The summed E-state index contributed by atoms with van der Waals surface area (Å²) in [6, 6.07) is 9.24. The fourth-order valence-electron chi connectivity index (χ4n) is 1.75. The predicted octanol–water partition coefficient (Wildman–Crippen LogP) is 3.41. The van der Waals surface area contributed by atoms with Crippen LogP contribution in [-0.2, 0) is 0 Å². The molecular weight excluding hydrogens is 238 g/mol. The molecule has 0 radical (unpaired) electrons. The first-order chi connectivity index (χ1) is 9.06. The zero-order chi connectivity index (χ0) is 13.8.